The number of nitrogens with zero attached hydrogens (tertiary/aromatic N) is 5. The number of aryl methyl sites for hydroxylation is 2. The summed E-state index contributed by atoms with van der Waals surface area (Å²) in [5.41, 5.74) is 4.38. The molecule has 1 aliphatic heterocycles. The van der Waals surface area contributed by atoms with Crippen molar-refractivity contribution < 1.29 is 8.42 Å². The molecule has 4 aromatic rings. The van der Waals surface area contributed by atoms with Crippen molar-refractivity contribution >= 4 is 38.5 Å². The van der Waals surface area contributed by atoms with Gasteiger partial charge in [0.1, 0.15) is 5.82 Å². The predicted molar refractivity (Wildman–Crippen MR) is 135 cm³/mol. The van der Waals surface area contributed by atoms with Gasteiger partial charge in [-0.05, 0) is 62.2 Å². The van der Waals surface area contributed by atoms with E-state index >= 15 is 0 Å². The first-order valence-corrected chi connectivity index (χ1v) is 13.0. The Kier molecular flexibility index (Phi) is 5.83. The third kappa shape index (κ3) is 3.85. The average molecular weight is 496 g/mol. The van der Waals surface area contributed by atoms with Gasteiger partial charge >= 0.3 is 0 Å². The number of rotatable bonds is 4. The first kappa shape index (κ1) is 22.8. The van der Waals surface area contributed by atoms with Gasteiger partial charge in [-0.25, -0.2) is 18.1 Å². The minimum Gasteiger partial charge on any atom is -0.354 e. The second-order valence-electron chi connectivity index (χ2n) is 8.58. The second-order valence-corrected chi connectivity index (χ2v) is 10.9. The highest BCUT2D eigenvalue weighted by Gasteiger charge is 2.31. The normalized spacial score (nSPS) is 15.2. The summed E-state index contributed by atoms with van der Waals surface area (Å²) in [6, 6.07) is 17.0. The number of fused-ring (bicyclic) bond motifs is 1. The molecule has 1 saturated heterocycles. The number of aromatic nitrogens is 3. The van der Waals surface area contributed by atoms with Gasteiger partial charge in [0.25, 0.3) is 0 Å². The van der Waals surface area contributed by atoms with Gasteiger partial charge in [0, 0.05) is 36.6 Å². The number of sulfonamides is 1. The van der Waals surface area contributed by atoms with Gasteiger partial charge in [0.15, 0.2) is 5.65 Å². The summed E-state index contributed by atoms with van der Waals surface area (Å²) in [5.74, 6) is 0.832. The van der Waals surface area contributed by atoms with E-state index in [2.05, 4.69) is 17.9 Å². The van der Waals surface area contributed by atoms with Crippen LogP contribution in [0.25, 0.3) is 16.7 Å². The third-order valence-corrected chi connectivity index (χ3v) is 8.85. The molecule has 0 N–H and O–H groups in total. The highest BCUT2D eigenvalue weighted by molar-refractivity contribution is 7.89. The molecule has 0 spiro atoms. The van der Waals surface area contributed by atoms with Crippen molar-refractivity contribution in [2.75, 3.05) is 31.1 Å². The standard InChI is InChI=1S/C25H26ClN5O2S/c1-17-16-23(27-25-24(17)19(3)28-31(25)20-8-5-4-6-9-20)29-12-14-30(15-13-29)34(32,33)22-11-7-10-21(26)18(22)2/h4-11,16H,12-15H2,1-3H3. The Morgan fingerprint density at radius 1 is 0.912 bits per heavy atom. The van der Waals surface area contributed by atoms with Crippen LogP contribution in [0, 0.1) is 20.8 Å². The average Bonchev–Trinajstić information content (AvgIpc) is 3.18. The molecule has 0 saturated carbocycles. The van der Waals surface area contributed by atoms with Crippen LogP contribution in [0.2, 0.25) is 5.02 Å². The van der Waals surface area contributed by atoms with Crippen molar-refractivity contribution in [2.24, 2.45) is 0 Å². The minimum atomic E-state index is -3.62. The van der Waals surface area contributed by atoms with Gasteiger partial charge in [-0.1, -0.05) is 35.9 Å². The molecular weight excluding hydrogens is 470 g/mol. The summed E-state index contributed by atoms with van der Waals surface area (Å²) in [4.78, 5) is 7.38. The third-order valence-electron chi connectivity index (χ3n) is 6.40. The maximum atomic E-state index is 13.3. The summed E-state index contributed by atoms with van der Waals surface area (Å²) in [6.07, 6.45) is 0. The molecule has 1 aliphatic rings. The van der Waals surface area contributed by atoms with Crippen LogP contribution in [0.15, 0.2) is 59.5 Å². The van der Waals surface area contributed by atoms with Crippen LogP contribution in [0.1, 0.15) is 16.8 Å². The predicted octanol–water partition coefficient (Wildman–Crippen LogP) is 4.51. The van der Waals surface area contributed by atoms with E-state index in [-0.39, 0.29) is 4.90 Å². The van der Waals surface area contributed by atoms with Crippen LogP contribution in [-0.2, 0) is 10.0 Å². The lowest BCUT2D eigenvalue weighted by Gasteiger charge is -2.35. The summed E-state index contributed by atoms with van der Waals surface area (Å²) in [7, 11) is -3.62. The monoisotopic (exact) mass is 495 g/mol. The molecule has 0 unspecified atom stereocenters. The van der Waals surface area contributed by atoms with Crippen LogP contribution < -0.4 is 4.90 Å². The molecule has 0 radical (unpaired) electrons. The van der Waals surface area contributed by atoms with E-state index in [1.807, 2.05) is 41.9 Å². The Bertz CT molecular complexity index is 1480. The largest absolute Gasteiger partial charge is 0.354 e. The highest BCUT2D eigenvalue weighted by atomic mass is 35.5. The molecule has 9 heteroatoms. The molecular formula is C25H26ClN5O2S. The summed E-state index contributed by atoms with van der Waals surface area (Å²) in [5, 5.41) is 6.24. The minimum absolute atomic E-state index is 0.270. The van der Waals surface area contributed by atoms with Gasteiger partial charge in [-0.2, -0.15) is 9.40 Å². The molecule has 0 atom stereocenters. The van der Waals surface area contributed by atoms with E-state index in [4.69, 9.17) is 21.7 Å². The van der Waals surface area contributed by atoms with E-state index in [1.165, 1.54) is 4.31 Å². The van der Waals surface area contributed by atoms with Gasteiger partial charge in [0.2, 0.25) is 10.0 Å². The molecule has 0 aliphatic carbocycles. The fourth-order valence-electron chi connectivity index (χ4n) is 4.56. The number of pyridine rings is 1. The number of para-hydroxylation sites is 1. The van der Waals surface area contributed by atoms with Crippen molar-refractivity contribution in [3.63, 3.8) is 0 Å². The van der Waals surface area contributed by atoms with Gasteiger partial charge < -0.3 is 4.90 Å². The van der Waals surface area contributed by atoms with Crippen molar-refractivity contribution in [1.29, 1.82) is 0 Å². The summed E-state index contributed by atoms with van der Waals surface area (Å²) < 4.78 is 29.9. The van der Waals surface area contributed by atoms with Crippen LogP contribution in [0.5, 0.6) is 0 Å². The maximum absolute atomic E-state index is 13.3. The summed E-state index contributed by atoms with van der Waals surface area (Å²) >= 11 is 6.18. The molecule has 0 amide bonds. The van der Waals surface area contributed by atoms with E-state index in [1.54, 1.807) is 25.1 Å². The Balaban J connectivity index is 1.44. The number of piperazine rings is 1. The molecule has 0 bridgehead atoms. The fraction of sp³-hybridized carbons (Fsp3) is 0.280. The molecule has 5 rings (SSSR count). The Morgan fingerprint density at radius 3 is 2.32 bits per heavy atom. The van der Waals surface area contributed by atoms with Crippen molar-refractivity contribution in [2.45, 2.75) is 25.7 Å². The van der Waals surface area contributed by atoms with Crippen molar-refractivity contribution in [1.82, 2.24) is 19.1 Å². The van der Waals surface area contributed by atoms with E-state index in [9.17, 15) is 8.42 Å². The van der Waals surface area contributed by atoms with Crippen LogP contribution >= 0.6 is 11.6 Å². The lowest BCUT2D eigenvalue weighted by molar-refractivity contribution is 0.383. The SMILES string of the molecule is Cc1c(Cl)cccc1S(=O)(=O)N1CCN(c2cc(C)c3c(C)nn(-c4ccccc4)c3n2)CC1. The smallest absolute Gasteiger partial charge is 0.243 e. The first-order valence-electron chi connectivity index (χ1n) is 11.2. The molecule has 2 aromatic heterocycles. The Hall–Kier alpha value is -2.94. The maximum Gasteiger partial charge on any atom is 0.243 e. The highest BCUT2D eigenvalue weighted by Crippen LogP contribution is 2.29. The first-order chi connectivity index (χ1) is 16.3. The zero-order chi connectivity index (χ0) is 24.0. The molecule has 34 heavy (non-hydrogen) atoms. The Morgan fingerprint density at radius 2 is 1.62 bits per heavy atom. The van der Waals surface area contributed by atoms with E-state index in [0.29, 0.717) is 36.8 Å². The van der Waals surface area contributed by atoms with Crippen LogP contribution in [0.4, 0.5) is 5.82 Å². The molecule has 3 heterocycles. The van der Waals surface area contributed by atoms with Crippen molar-refractivity contribution in [3.8, 4) is 5.69 Å². The van der Waals surface area contributed by atoms with E-state index < -0.39 is 10.0 Å². The van der Waals surface area contributed by atoms with Gasteiger partial charge in [-0.15, -0.1) is 0 Å². The quantitative estimate of drug-likeness (QED) is 0.416. The van der Waals surface area contributed by atoms with Gasteiger partial charge in [-0.3, -0.25) is 0 Å². The number of halogens is 1. The van der Waals surface area contributed by atoms with E-state index in [0.717, 1.165) is 33.8 Å². The number of anilines is 1. The zero-order valence-corrected chi connectivity index (χ0v) is 20.9. The second kappa shape index (κ2) is 8.69. The lowest BCUT2D eigenvalue weighted by Crippen LogP contribution is -2.49. The number of hydrogen-bond acceptors (Lipinski definition) is 5. The summed E-state index contributed by atoms with van der Waals surface area (Å²) in [6.45, 7) is 7.67. The van der Waals surface area contributed by atoms with Gasteiger partial charge in [0.05, 0.1) is 16.3 Å². The molecule has 2 aromatic carbocycles. The molecule has 176 valence electrons. The molecule has 7 nitrogen and oxygen atoms in total. The molecule has 1 fully saturated rings. The van der Waals surface area contributed by atoms with Crippen LogP contribution in [-0.4, -0.2) is 53.7 Å². The Labute approximate surface area is 204 Å². The number of hydrogen-bond donors (Lipinski definition) is 0. The van der Waals surface area contributed by atoms with Crippen LogP contribution in [0.3, 0.4) is 0 Å². The van der Waals surface area contributed by atoms with Crippen molar-refractivity contribution in [3.05, 3.63) is 76.4 Å². The fourth-order valence-corrected chi connectivity index (χ4v) is 6.46. The lowest BCUT2D eigenvalue weighted by atomic mass is 10.1. The topological polar surface area (TPSA) is 71.3 Å². The zero-order valence-electron chi connectivity index (χ0n) is 19.4. The number of benzene rings is 2.